The highest BCUT2D eigenvalue weighted by Crippen LogP contribution is 2.24. The molecule has 170 valence electrons. The average molecular weight is 438 g/mol. The van der Waals surface area contributed by atoms with Gasteiger partial charge in [0.15, 0.2) is 5.65 Å². The maximum Gasteiger partial charge on any atom is 0.408 e. The van der Waals surface area contributed by atoms with Crippen LogP contribution in [0.2, 0.25) is 0 Å². The van der Waals surface area contributed by atoms with Gasteiger partial charge in [-0.25, -0.2) is 9.78 Å². The molecule has 3 rings (SSSR count). The van der Waals surface area contributed by atoms with Gasteiger partial charge in [0.25, 0.3) is 0 Å². The summed E-state index contributed by atoms with van der Waals surface area (Å²) in [4.78, 5) is 28.9. The smallest absolute Gasteiger partial charge is 0.408 e. The minimum absolute atomic E-state index is 0.179. The van der Waals surface area contributed by atoms with Crippen LogP contribution in [-0.4, -0.2) is 33.5 Å². The molecule has 0 atom stereocenters. The molecule has 0 aliphatic carbocycles. The van der Waals surface area contributed by atoms with Gasteiger partial charge in [-0.05, 0) is 70.9 Å². The summed E-state index contributed by atoms with van der Waals surface area (Å²) < 4.78 is 7.22. The number of amides is 2. The maximum atomic E-state index is 12.4. The van der Waals surface area contributed by atoms with E-state index in [0.717, 1.165) is 33.8 Å². The molecule has 3 aromatic rings. The Morgan fingerprint density at radius 3 is 2.50 bits per heavy atom. The number of hydrogen-bond acceptors (Lipinski definition) is 5. The van der Waals surface area contributed by atoms with E-state index in [1.54, 1.807) is 20.8 Å². The molecule has 2 amide bonds. The van der Waals surface area contributed by atoms with Crippen LogP contribution < -0.4 is 16.0 Å². The molecule has 3 N–H and O–H groups in total. The minimum Gasteiger partial charge on any atom is -0.444 e. The largest absolute Gasteiger partial charge is 0.444 e. The van der Waals surface area contributed by atoms with Crippen LogP contribution in [0, 0.1) is 20.8 Å². The Labute approximate surface area is 188 Å². The summed E-state index contributed by atoms with van der Waals surface area (Å²) in [6.45, 7) is 11.7. The van der Waals surface area contributed by atoms with Gasteiger partial charge >= 0.3 is 6.09 Å². The fraction of sp³-hybridized carbons (Fsp3) is 0.375. The maximum absolute atomic E-state index is 12.4. The second-order valence-corrected chi connectivity index (χ2v) is 8.76. The molecule has 0 saturated carbocycles. The molecule has 0 fully saturated rings. The molecule has 0 unspecified atom stereocenters. The summed E-state index contributed by atoms with van der Waals surface area (Å²) in [6, 6.07) is 9.70. The van der Waals surface area contributed by atoms with Crippen molar-refractivity contribution in [2.24, 2.45) is 0 Å². The van der Waals surface area contributed by atoms with Crippen LogP contribution in [0.3, 0.4) is 0 Å². The monoisotopic (exact) mass is 437 g/mol. The Bertz CT molecular complexity index is 1140. The van der Waals surface area contributed by atoms with Crippen molar-refractivity contribution in [3.63, 3.8) is 0 Å². The number of rotatable bonds is 6. The van der Waals surface area contributed by atoms with Crippen molar-refractivity contribution in [3.8, 4) is 0 Å². The second kappa shape index (κ2) is 9.30. The van der Waals surface area contributed by atoms with E-state index < -0.39 is 11.7 Å². The van der Waals surface area contributed by atoms with Crippen LogP contribution >= 0.6 is 0 Å². The lowest BCUT2D eigenvalue weighted by molar-refractivity contribution is -0.115. The molecule has 8 heteroatoms. The molecule has 0 spiro atoms. The van der Waals surface area contributed by atoms with E-state index in [1.807, 2.05) is 57.3 Å². The van der Waals surface area contributed by atoms with Crippen molar-refractivity contribution in [2.75, 3.05) is 17.2 Å². The van der Waals surface area contributed by atoms with Crippen LogP contribution in [0.25, 0.3) is 5.65 Å². The first-order valence-corrected chi connectivity index (χ1v) is 10.6. The third-order valence-corrected chi connectivity index (χ3v) is 5.06. The molecule has 0 bridgehead atoms. The average Bonchev–Trinajstić information content (AvgIpc) is 2.99. The van der Waals surface area contributed by atoms with E-state index in [0.29, 0.717) is 12.2 Å². The van der Waals surface area contributed by atoms with Gasteiger partial charge in [-0.3, -0.25) is 4.79 Å². The van der Waals surface area contributed by atoms with E-state index in [4.69, 9.17) is 4.74 Å². The van der Waals surface area contributed by atoms with E-state index in [9.17, 15) is 9.59 Å². The Morgan fingerprint density at radius 1 is 1.06 bits per heavy atom. The molecule has 1 aromatic carbocycles. The van der Waals surface area contributed by atoms with Crippen molar-refractivity contribution < 1.29 is 14.3 Å². The number of pyridine rings is 1. The number of imidazole rings is 1. The van der Waals surface area contributed by atoms with Crippen LogP contribution in [0.5, 0.6) is 0 Å². The molecule has 2 heterocycles. The van der Waals surface area contributed by atoms with Gasteiger partial charge in [-0.15, -0.1) is 0 Å². The Morgan fingerprint density at radius 2 is 1.78 bits per heavy atom. The van der Waals surface area contributed by atoms with Gasteiger partial charge in [0.1, 0.15) is 12.1 Å². The molecule has 0 aliphatic rings. The van der Waals surface area contributed by atoms with Crippen LogP contribution in [-0.2, 0) is 16.1 Å². The summed E-state index contributed by atoms with van der Waals surface area (Å²) in [6.07, 6.45) is 1.37. The minimum atomic E-state index is -0.628. The fourth-order valence-corrected chi connectivity index (χ4v) is 3.34. The molecule has 0 saturated heterocycles. The zero-order valence-electron chi connectivity index (χ0n) is 19.5. The number of aromatic nitrogens is 2. The number of anilines is 2. The third-order valence-electron chi connectivity index (χ3n) is 5.06. The predicted octanol–water partition coefficient (Wildman–Crippen LogP) is 4.33. The van der Waals surface area contributed by atoms with Crippen LogP contribution in [0.15, 0.2) is 36.5 Å². The fourth-order valence-electron chi connectivity index (χ4n) is 3.34. The van der Waals surface area contributed by atoms with Crippen molar-refractivity contribution in [3.05, 3.63) is 59.0 Å². The number of ether oxygens (including phenoxy) is 1. The SMILES string of the molecule is Cc1cccc(NC(=O)CNC(=O)OC(C)(C)C)c1CNc1cccn2c(C)c(C)nc12. The number of carbonyl (C=O) groups is 2. The topological polar surface area (TPSA) is 96.8 Å². The number of nitrogens with zero attached hydrogens (tertiary/aromatic N) is 2. The lowest BCUT2D eigenvalue weighted by atomic mass is 10.1. The molecular formula is C24H31N5O3. The molecule has 32 heavy (non-hydrogen) atoms. The van der Waals surface area contributed by atoms with Crippen molar-refractivity contribution in [2.45, 2.75) is 53.7 Å². The van der Waals surface area contributed by atoms with E-state index in [-0.39, 0.29) is 12.5 Å². The van der Waals surface area contributed by atoms with E-state index in [1.165, 1.54) is 0 Å². The summed E-state index contributed by atoms with van der Waals surface area (Å²) in [7, 11) is 0. The Kier molecular flexibility index (Phi) is 6.72. The first-order valence-electron chi connectivity index (χ1n) is 10.6. The van der Waals surface area contributed by atoms with Crippen molar-refractivity contribution in [1.29, 1.82) is 0 Å². The van der Waals surface area contributed by atoms with Gasteiger partial charge in [-0.2, -0.15) is 0 Å². The van der Waals surface area contributed by atoms with E-state index >= 15 is 0 Å². The zero-order chi connectivity index (χ0) is 23.5. The molecule has 2 aromatic heterocycles. The quantitative estimate of drug-likeness (QED) is 0.533. The molecular weight excluding hydrogens is 406 g/mol. The number of alkyl carbamates (subject to hydrolysis) is 1. The normalized spacial score (nSPS) is 11.3. The number of hydrogen-bond donors (Lipinski definition) is 3. The predicted molar refractivity (Wildman–Crippen MR) is 126 cm³/mol. The van der Waals surface area contributed by atoms with Crippen LogP contribution in [0.4, 0.5) is 16.2 Å². The molecule has 0 aliphatic heterocycles. The Balaban J connectivity index is 1.70. The van der Waals surface area contributed by atoms with Gasteiger partial charge in [0.05, 0.1) is 11.4 Å². The van der Waals surface area contributed by atoms with Gasteiger partial charge < -0.3 is 25.1 Å². The summed E-state index contributed by atoms with van der Waals surface area (Å²) >= 11 is 0. The third kappa shape index (κ3) is 5.57. The summed E-state index contributed by atoms with van der Waals surface area (Å²) in [5.74, 6) is -0.329. The summed E-state index contributed by atoms with van der Waals surface area (Å²) in [5, 5.41) is 8.82. The van der Waals surface area contributed by atoms with Gasteiger partial charge in [0, 0.05) is 24.1 Å². The highest BCUT2D eigenvalue weighted by molar-refractivity contribution is 5.94. The number of benzene rings is 1. The lowest BCUT2D eigenvalue weighted by Gasteiger charge is -2.20. The van der Waals surface area contributed by atoms with Gasteiger partial charge in [-0.1, -0.05) is 12.1 Å². The second-order valence-electron chi connectivity index (χ2n) is 8.76. The molecule has 8 nitrogen and oxygen atoms in total. The number of nitrogens with one attached hydrogen (secondary N) is 3. The first kappa shape index (κ1) is 23.1. The number of aryl methyl sites for hydroxylation is 3. The number of fused-ring (bicyclic) bond motifs is 1. The lowest BCUT2D eigenvalue weighted by Crippen LogP contribution is -2.37. The highest BCUT2D eigenvalue weighted by Gasteiger charge is 2.17. The molecule has 0 radical (unpaired) electrons. The zero-order valence-corrected chi connectivity index (χ0v) is 19.5. The first-order chi connectivity index (χ1) is 15.0. The summed E-state index contributed by atoms with van der Waals surface area (Å²) in [5.41, 5.74) is 5.93. The van der Waals surface area contributed by atoms with E-state index in [2.05, 4.69) is 25.3 Å². The van der Waals surface area contributed by atoms with Gasteiger partial charge in [0.2, 0.25) is 5.91 Å². The van der Waals surface area contributed by atoms with Crippen molar-refractivity contribution >= 4 is 29.0 Å². The standard InChI is InChI=1S/C24H31N5O3/c1-15-9-7-10-19(28-21(30)14-26-23(31)32-24(4,5)6)18(15)13-25-20-11-8-12-29-17(3)16(2)27-22(20)29/h7-12,25H,13-14H2,1-6H3,(H,26,31)(H,28,30). The number of carbonyl (C=O) groups excluding carboxylic acids is 2. The van der Waals surface area contributed by atoms with Crippen LogP contribution in [0.1, 0.15) is 43.3 Å². The Hall–Kier alpha value is -3.55. The highest BCUT2D eigenvalue weighted by atomic mass is 16.6. The van der Waals surface area contributed by atoms with Crippen molar-refractivity contribution in [1.82, 2.24) is 14.7 Å².